The zero-order chi connectivity index (χ0) is 8.69. The smallest absolute Gasteiger partial charge is 0.0723 e. The molecular weight excluding hydrogens is 255 g/mol. The second kappa shape index (κ2) is 7.06. The summed E-state index contributed by atoms with van der Waals surface area (Å²) in [5, 5.41) is 8.66. The van der Waals surface area contributed by atoms with Gasteiger partial charge in [0.2, 0.25) is 0 Å². The highest BCUT2D eigenvalue weighted by Crippen LogP contribution is 2.16. The average molecular weight is 270 g/mol. The minimum atomic E-state index is 0.195. The van der Waals surface area contributed by atoms with Crippen molar-refractivity contribution in [3.63, 3.8) is 0 Å². The molecule has 0 aliphatic carbocycles. The van der Waals surface area contributed by atoms with Crippen LogP contribution in [0.2, 0.25) is 0 Å². The molecule has 0 saturated heterocycles. The Morgan fingerprint density at radius 1 is 1.73 bits per heavy atom. The summed E-state index contributed by atoms with van der Waals surface area (Å²) in [6, 6.07) is 0. The molecule has 3 heteroatoms. The number of halogens is 1. The van der Waals surface area contributed by atoms with Crippen LogP contribution in [0.1, 0.15) is 12.8 Å². The molecule has 0 bridgehead atoms. The van der Waals surface area contributed by atoms with Gasteiger partial charge in [0.25, 0.3) is 0 Å². The molecule has 1 N–H and O–H groups in total. The van der Waals surface area contributed by atoms with Crippen LogP contribution >= 0.6 is 22.6 Å². The molecule has 0 amide bonds. The standard InChI is InChI=1S/C8H15IO2/c1-3-4-8(11-2)7(9)5-6-10/h3,7-8,10H,1,4-6H2,2H3/t7-,8+/m1/s1. The molecule has 0 saturated carbocycles. The van der Waals surface area contributed by atoms with Crippen LogP contribution in [0, 0.1) is 0 Å². The normalized spacial score (nSPS) is 15.9. The van der Waals surface area contributed by atoms with Crippen molar-refractivity contribution in [1.29, 1.82) is 0 Å². The molecule has 0 aliphatic heterocycles. The lowest BCUT2D eigenvalue weighted by Gasteiger charge is -2.18. The van der Waals surface area contributed by atoms with E-state index in [-0.39, 0.29) is 12.7 Å². The Hall–Kier alpha value is 0.390. The van der Waals surface area contributed by atoms with Crippen LogP contribution in [-0.4, -0.2) is 28.9 Å². The van der Waals surface area contributed by atoms with Crippen molar-refractivity contribution in [2.24, 2.45) is 0 Å². The summed E-state index contributed by atoms with van der Waals surface area (Å²) in [5.41, 5.74) is 0. The maximum absolute atomic E-state index is 8.66. The molecule has 2 nitrogen and oxygen atoms in total. The quantitative estimate of drug-likeness (QED) is 0.453. The molecule has 0 fully saturated rings. The summed E-state index contributed by atoms with van der Waals surface area (Å²) in [6.45, 7) is 3.87. The lowest BCUT2D eigenvalue weighted by molar-refractivity contribution is 0.0995. The highest BCUT2D eigenvalue weighted by molar-refractivity contribution is 14.1. The van der Waals surface area contributed by atoms with Crippen LogP contribution in [0.5, 0.6) is 0 Å². The molecule has 0 unspecified atom stereocenters. The van der Waals surface area contributed by atoms with Crippen LogP contribution in [0.25, 0.3) is 0 Å². The third kappa shape index (κ3) is 4.76. The number of hydrogen-bond donors (Lipinski definition) is 1. The Morgan fingerprint density at radius 3 is 2.73 bits per heavy atom. The van der Waals surface area contributed by atoms with Gasteiger partial charge in [-0.3, -0.25) is 0 Å². The first-order chi connectivity index (χ1) is 5.26. The second-order valence-corrected chi connectivity index (χ2v) is 3.93. The van der Waals surface area contributed by atoms with Gasteiger partial charge in [0.05, 0.1) is 6.10 Å². The fraction of sp³-hybridized carbons (Fsp3) is 0.750. The average Bonchev–Trinajstić information content (AvgIpc) is 2.00. The van der Waals surface area contributed by atoms with Gasteiger partial charge in [-0.1, -0.05) is 28.7 Å². The van der Waals surface area contributed by atoms with E-state index in [4.69, 9.17) is 9.84 Å². The Bertz CT molecular complexity index is 106. The summed E-state index contributed by atoms with van der Waals surface area (Å²) in [7, 11) is 1.69. The van der Waals surface area contributed by atoms with E-state index in [2.05, 4.69) is 29.2 Å². The number of rotatable bonds is 6. The van der Waals surface area contributed by atoms with Crippen molar-refractivity contribution in [3.8, 4) is 0 Å². The molecule has 0 aromatic heterocycles. The van der Waals surface area contributed by atoms with Crippen LogP contribution in [0.15, 0.2) is 12.7 Å². The summed E-state index contributed by atoms with van der Waals surface area (Å²) in [5.74, 6) is 0. The van der Waals surface area contributed by atoms with E-state index < -0.39 is 0 Å². The van der Waals surface area contributed by atoms with E-state index in [1.807, 2.05) is 6.08 Å². The van der Waals surface area contributed by atoms with Crippen molar-refractivity contribution < 1.29 is 9.84 Å². The number of alkyl halides is 1. The number of ether oxygens (including phenoxy) is 1. The summed E-state index contributed by atoms with van der Waals surface area (Å²) < 4.78 is 5.59. The monoisotopic (exact) mass is 270 g/mol. The number of aliphatic hydroxyl groups is 1. The van der Waals surface area contributed by atoms with E-state index in [0.717, 1.165) is 12.8 Å². The molecule has 0 aromatic rings. The molecule has 2 atom stereocenters. The van der Waals surface area contributed by atoms with Gasteiger partial charge in [0, 0.05) is 17.6 Å². The molecule has 0 spiro atoms. The maximum Gasteiger partial charge on any atom is 0.0723 e. The SMILES string of the molecule is C=CC[C@H](OC)[C@H](I)CCO. The molecular formula is C8H15IO2. The molecule has 11 heavy (non-hydrogen) atoms. The van der Waals surface area contributed by atoms with E-state index >= 15 is 0 Å². The van der Waals surface area contributed by atoms with Gasteiger partial charge < -0.3 is 9.84 Å². The Kier molecular flexibility index (Phi) is 7.31. The van der Waals surface area contributed by atoms with Crippen LogP contribution in [-0.2, 0) is 4.74 Å². The lowest BCUT2D eigenvalue weighted by atomic mass is 10.1. The minimum absolute atomic E-state index is 0.195. The zero-order valence-electron chi connectivity index (χ0n) is 6.79. The molecule has 0 aromatic carbocycles. The third-order valence-corrected chi connectivity index (χ3v) is 2.93. The van der Waals surface area contributed by atoms with Gasteiger partial charge >= 0.3 is 0 Å². The largest absolute Gasteiger partial charge is 0.396 e. The van der Waals surface area contributed by atoms with Crippen molar-refractivity contribution in [2.75, 3.05) is 13.7 Å². The van der Waals surface area contributed by atoms with E-state index in [1.54, 1.807) is 7.11 Å². The fourth-order valence-corrected chi connectivity index (χ4v) is 1.73. The number of hydrogen-bond acceptors (Lipinski definition) is 2. The first-order valence-corrected chi connectivity index (χ1v) is 4.89. The molecule has 0 heterocycles. The van der Waals surface area contributed by atoms with Gasteiger partial charge in [-0.25, -0.2) is 0 Å². The Balaban J connectivity index is 3.70. The maximum atomic E-state index is 8.66. The van der Waals surface area contributed by atoms with Crippen LogP contribution in [0.3, 0.4) is 0 Å². The van der Waals surface area contributed by atoms with Gasteiger partial charge in [-0.05, 0) is 12.8 Å². The summed E-state index contributed by atoms with van der Waals surface area (Å²) in [6.07, 6.45) is 3.68. The van der Waals surface area contributed by atoms with Gasteiger partial charge in [-0.2, -0.15) is 0 Å². The van der Waals surface area contributed by atoms with Gasteiger partial charge in [0.1, 0.15) is 0 Å². The first-order valence-electron chi connectivity index (χ1n) is 3.64. The van der Waals surface area contributed by atoms with Gasteiger partial charge in [0.15, 0.2) is 0 Å². The van der Waals surface area contributed by atoms with Crippen molar-refractivity contribution in [3.05, 3.63) is 12.7 Å². The Labute approximate surface area is 81.8 Å². The van der Waals surface area contributed by atoms with E-state index in [9.17, 15) is 0 Å². The summed E-state index contributed by atoms with van der Waals surface area (Å²) >= 11 is 2.29. The second-order valence-electron chi connectivity index (χ2n) is 2.33. The Morgan fingerprint density at radius 2 is 2.36 bits per heavy atom. The summed E-state index contributed by atoms with van der Waals surface area (Å²) in [4.78, 5) is 0. The highest BCUT2D eigenvalue weighted by Gasteiger charge is 2.15. The molecule has 0 radical (unpaired) electrons. The van der Waals surface area contributed by atoms with Crippen molar-refractivity contribution in [2.45, 2.75) is 22.9 Å². The molecule has 66 valence electrons. The number of methoxy groups -OCH3 is 1. The van der Waals surface area contributed by atoms with Crippen LogP contribution in [0.4, 0.5) is 0 Å². The fourth-order valence-electron chi connectivity index (χ4n) is 0.865. The highest BCUT2D eigenvalue weighted by atomic mass is 127. The van der Waals surface area contributed by atoms with E-state index in [1.165, 1.54) is 0 Å². The van der Waals surface area contributed by atoms with Crippen molar-refractivity contribution in [1.82, 2.24) is 0 Å². The minimum Gasteiger partial charge on any atom is -0.396 e. The number of aliphatic hydroxyl groups excluding tert-OH is 1. The molecule has 0 rings (SSSR count). The van der Waals surface area contributed by atoms with Crippen LogP contribution < -0.4 is 0 Å². The lowest BCUT2D eigenvalue weighted by Crippen LogP contribution is -2.23. The predicted octanol–water partition coefficient (Wildman–Crippen LogP) is 1.76. The third-order valence-electron chi connectivity index (χ3n) is 1.51. The predicted molar refractivity (Wildman–Crippen MR) is 55.1 cm³/mol. The van der Waals surface area contributed by atoms with E-state index in [0.29, 0.717) is 3.92 Å². The zero-order valence-corrected chi connectivity index (χ0v) is 8.95. The molecule has 0 aliphatic rings. The van der Waals surface area contributed by atoms with Gasteiger partial charge in [-0.15, -0.1) is 6.58 Å². The topological polar surface area (TPSA) is 29.5 Å². The first kappa shape index (κ1) is 11.4. The van der Waals surface area contributed by atoms with Crippen molar-refractivity contribution >= 4 is 22.6 Å².